The molecule has 1 rings (SSSR count). The number of hydrogen-bond acceptors (Lipinski definition) is 2. The number of hydrogen-bond donors (Lipinski definition) is 1. The van der Waals surface area contributed by atoms with Crippen molar-refractivity contribution in [2.24, 2.45) is 0 Å². The molecule has 0 aliphatic rings. The smallest absolute Gasteiger partial charge is 0.0661 e. The van der Waals surface area contributed by atoms with Crippen LogP contribution in [-0.2, 0) is 4.74 Å². The Morgan fingerprint density at radius 3 is 2.79 bits per heavy atom. The maximum Gasteiger partial charge on any atom is 0.0661 e. The predicted molar refractivity (Wildman–Crippen MR) is 61.1 cm³/mol. The number of rotatable bonds is 4. The lowest BCUT2D eigenvalue weighted by Gasteiger charge is -2.15. The summed E-state index contributed by atoms with van der Waals surface area (Å²) in [4.78, 5) is 0. The average Bonchev–Trinajstić information content (AvgIpc) is 2.10. The van der Waals surface area contributed by atoms with E-state index >= 15 is 0 Å². The van der Waals surface area contributed by atoms with Crippen LogP contribution in [0.1, 0.15) is 12.5 Å². The first-order chi connectivity index (χ1) is 6.63. The number of ether oxygens (including phenoxy) is 1. The summed E-state index contributed by atoms with van der Waals surface area (Å²) in [5.41, 5.74) is 2.13. The maximum absolute atomic E-state index is 6.07. The van der Waals surface area contributed by atoms with Gasteiger partial charge in [-0.3, -0.25) is 0 Å². The summed E-state index contributed by atoms with van der Waals surface area (Å²) in [6.07, 6.45) is 0. The second-order valence-corrected chi connectivity index (χ2v) is 3.89. The molecule has 2 nitrogen and oxygen atoms in total. The molecule has 0 spiro atoms. The van der Waals surface area contributed by atoms with Crippen molar-refractivity contribution in [2.45, 2.75) is 19.9 Å². The van der Waals surface area contributed by atoms with Crippen LogP contribution >= 0.6 is 11.6 Å². The van der Waals surface area contributed by atoms with Gasteiger partial charge in [-0.05, 0) is 31.5 Å². The van der Waals surface area contributed by atoms with E-state index in [2.05, 4.69) is 12.2 Å². The largest absolute Gasteiger partial charge is 0.383 e. The summed E-state index contributed by atoms with van der Waals surface area (Å²) in [5.74, 6) is 0. The molecular weight excluding hydrogens is 198 g/mol. The van der Waals surface area contributed by atoms with Crippen LogP contribution < -0.4 is 5.32 Å². The van der Waals surface area contributed by atoms with Gasteiger partial charge in [0.25, 0.3) is 0 Å². The summed E-state index contributed by atoms with van der Waals surface area (Å²) in [7, 11) is 1.69. The third-order valence-electron chi connectivity index (χ3n) is 1.94. The number of nitrogens with one attached hydrogen (secondary N) is 1. The predicted octanol–water partition coefficient (Wildman–Crippen LogP) is 3.10. The average molecular weight is 214 g/mol. The van der Waals surface area contributed by atoms with Crippen molar-refractivity contribution in [1.29, 1.82) is 0 Å². The number of methoxy groups -OCH3 is 1. The normalized spacial score (nSPS) is 12.6. The van der Waals surface area contributed by atoms with Crippen LogP contribution in [0.2, 0.25) is 5.02 Å². The van der Waals surface area contributed by atoms with E-state index in [9.17, 15) is 0 Å². The monoisotopic (exact) mass is 213 g/mol. The zero-order valence-corrected chi connectivity index (χ0v) is 9.56. The SMILES string of the molecule is COC[C@@H](C)Nc1ccc(C)cc1Cl. The van der Waals surface area contributed by atoms with Gasteiger partial charge in [-0.2, -0.15) is 0 Å². The molecule has 0 saturated carbocycles. The highest BCUT2D eigenvalue weighted by Gasteiger charge is 2.04. The Morgan fingerprint density at radius 1 is 1.50 bits per heavy atom. The molecule has 1 atom stereocenters. The van der Waals surface area contributed by atoms with Gasteiger partial charge in [-0.25, -0.2) is 0 Å². The zero-order chi connectivity index (χ0) is 10.6. The molecule has 0 aliphatic heterocycles. The van der Waals surface area contributed by atoms with E-state index in [0.717, 1.165) is 10.7 Å². The highest BCUT2D eigenvalue weighted by molar-refractivity contribution is 6.33. The molecule has 0 fully saturated rings. The topological polar surface area (TPSA) is 21.3 Å². The third kappa shape index (κ3) is 3.20. The van der Waals surface area contributed by atoms with E-state index in [1.54, 1.807) is 7.11 Å². The van der Waals surface area contributed by atoms with E-state index in [-0.39, 0.29) is 6.04 Å². The fourth-order valence-corrected chi connectivity index (χ4v) is 1.58. The van der Waals surface area contributed by atoms with E-state index in [1.165, 1.54) is 5.56 Å². The first-order valence-corrected chi connectivity index (χ1v) is 5.03. The molecule has 1 aromatic carbocycles. The molecule has 78 valence electrons. The van der Waals surface area contributed by atoms with Gasteiger partial charge in [0.05, 0.1) is 17.3 Å². The highest BCUT2D eigenvalue weighted by Crippen LogP contribution is 2.23. The van der Waals surface area contributed by atoms with Gasteiger partial charge in [0.1, 0.15) is 0 Å². The van der Waals surface area contributed by atoms with Crippen molar-refractivity contribution in [2.75, 3.05) is 19.0 Å². The molecule has 0 unspecified atom stereocenters. The number of aryl methyl sites for hydroxylation is 1. The molecule has 1 aromatic rings. The third-order valence-corrected chi connectivity index (χ3v) is 2.26. The van der Waals surface area contributed by atoms with Gasteiger partial charge in [0.2, 0.25) is 0 Å². The summed E-state index contributed by atoms with van der Waals surface area (Å²) in [5, 5.41) is 4.04. The van der Waals surface area contributed by atoms with Crippen LogP contribution in [0.3, 0.4) is 0 Å². The summed E-state index contributed by atoms with van der Waals surface area (Å²) >= 11 is 6.07. The van der Waals surface area contributed by atoms with Crippen molar-refractivity contribution in [3.05, 3.63) is 28.8 Å². The van der Waals surface area contributed by atoms with Crippen molar-refractivity contribution in [1.82, 2.24) is 0 Å². The Kier molecular flexibility index (Phi) is 4.23. The summed E-state index contributed by atoms with van der Waals surface area (Å²) in [6, 6.07) is 6.24. The minimum Gasteiger partial charge on any atom is -0.383 e. The molecule has 3 heteroatoms. The van der Waals surface area contributed by atoms with Crippen molar-refractivity contribution >= 4 is 17.3 Å². The molecule has 1 N–H and O–H groups in total. The van der Waals surface area contributed by atoms with Crippen LogP contribution in [-0.4, -0.2) is 19.8 Å². The van der Waals surface area contributed by atoms with Crippen molar-refractivity contribution in [3.63, 3.8) is 0 Å². The maximum atomic E-state index is 6.07. The van der Waals surface area contributed by atoms with E-state index in [4.69, 9.17) is 16.3 Å². The lowest BCUT2D eigenvalue weighted by atomic mass is 10.2. The Labute approximate surface area is 90.2 Å². The van der Waals surface area contributed by atoms with Gasteiger partial charge in [-0.1, -0.05) is 17.7 Å². The lowest BCUT2D eigenvalue weighted by molar-refractivity contribution is 0.190. The summed E-state index contributed by atoms with van der Waals surface area (Å²) in [6.45, 7) is 4.75. The Balaban J connectivity index is 2.67. The van der Waals surface area contributed by atoms with Gasteiger partial charge in [0.15, 0.2) is 0 Å². The Hall–Kier alpha value is -0.730. The number of halogens is 1. The van der Waals surface area contributed by atoms with Crippen LogP contribution in [0.5, 0.6) is 0 Å². The molecule has 0 aliphatic carbocycles. The summed E-state index contributed by atoms with van der Waals surface area (Å²) < 4.78 is 5.03. The van der Waals surface area contributed by atoms with E-state index < -0.39 is 0 Å². The molecule has 0 heterocycles. The molecule has 0 bridgehead atoms. The fraction of sp³-hybridized carbons (Fsp3) is 0.455. The number of anilines is 1. The van der Waals surface area contributed by atoms with Gasteiger partial charge < -0.3 is 10.1 Å². The van der Waals surface area contributed by atoms with Gasteiger partial charge in [0, 0.05) is 13.2 Å². The zero-order valence-electron chi connectivity index (χ0n) is 8.80. The van der Waals surface area contributed by atoms with E-state index in [0.29, 0.717) is 6.61 Å². The molecule has 0 amide bonds. The standard InChI is InChI=1S/C11H16ClNO/c1-8-4-5-11(10(12)6-8)13-9(2)7-14-3/h4-6,9,13H,7H2,1-3H3/t9-/m1/s1. The number of benzene rings is 1. The van der Waals surface area contributed by atoms with Crippen molar-refractivity contribution < 1.29 is 4.74 Å². The molecular formula is C11H16ClNO. The second-order valence-electron chi connectivity index (χ2n) is 3.48. The lowest BCUT2D eigenvalue weighted by Crippen LogP contribution is -2.20. The molecule has 0 saturated heterocycles. The highest BCUT2D eigenvalue weighted by atomic mass is 35.5. The first-order valence-electron chi connectivity index (χ1n) is 4.65. The van der Waals surface area contributed by atoms with E-state index in [1.807, 2.05) is 25.1 Å². The van der Waals surface area contributed by atoms with Crippen LogP contribution in [0.4, 0.5) is 5.69 Å². The Morgan fingerprint density at radius 2 is 2.21 bits per heavy atom. The molecule has 14 heavy (non-hydrogen) atoms. The van der Waals surface area contributed by atoms with Crippen LogP contribution in [0.15, 0.2) is 18.2 Å². The fourth-order valence-electron chi connectivity index (χ4n) is 1.29. The minimum atomic E-state index is 0.264. The Bertz CT molecular complexity index is 301. The molecule has 0 radical (unpaired) electrons. The van der Waals surface area contributed by atoms with Crippen molar-refractivity contribution in [3.8, 4) is 0 Å². The molecule has 0 aromatic heterocycles. The van der Waals surface area contributed by atoms with Crippen LogP contribution in [0, 0.1) is 6.92 Å². The second kappa shape index (κ2) is 5.23. The minimum absolute atomic E-state index is 0.264. The first kappa shape index (κ1) is 11.3. The van der Waals surface area contributed by atoms with Gasteiger partial charge in [-0.15, -0.1) is 0 Å². The quantitative estimate of drug-likeness (QED) is 0.830. The van der Waals surface area contributed by atoms with Gasteiger partial charge >= 0.3 is 0 Å². The van der Waals surface area contributed by atoms with Crippen LogP contribution in [0.25, 0.3) is 0 Å².